The van der Waals surface area contributed by atoms with Gasteiger partial charge in [0.1, 0.15) is 5.82 Å². The topological polar surface area (TPSA) is 23.8 Å². The van der Waals surface area contributed by atoms with Crippen molar-refractivity contribution in [2.75, 3.05) is 0 Å². The number of hydrogen-bond acceptors (Lipinski definition) is 1. The highest BCUT2D eigenvalue weighted by molar-refractivity contribution is 5.32. The summed E-state index contributed by atoms with van der Waals surface area (Å²) in [6, 6.07) is 6.83. The van der Waals surface area contributed by atoms with Crippen molar-refractivity contribution in [3.05, 3.63) is 35.1 Å². The SMILES string of the molecule is CCC[C@H]1CC[C@H](CCc2ccc(C#N)cc2F)CC1. The Morgan fingerprint density at radius 1 is 1.15 bits per heavy atom. The molecule has 0 saturated heterocycles. The first-order chi connectivity index (χ1) is 9.72. The van der Waals surface area contributed by atoms with Crippen molar-refractivity contribution in [3.63, 3.8) is 0 Å². The van der Waals surface area contributed by atoms with Gasteiger partial charge in [-0.25, -0.2) is 4.39 Å². The van der Waals surface area contributed by atoms with Crippen LogP contribution < -0.4 is 0 Å². The lowest BCUT2D eigenvalue weighted by Gasteiger charge is -2.28. The van der Waals surface area contributed by atoms with E-state index >= 15 is 0 Å². The molecule has 1 nitrogen and oxygen atoms in total. The van der Waals surface area contributed by atoms with Gasteiger partial charge in [0.15, 0.2) is 0 Å². The summed E-state index contributed by atoms with van der Waals surface area (Å²) in [5, 5.41) is 8.74. The summed E-state index contributed by atoms with van der Waals surface area (Å²) in [6.07, 6.45) is 9.89. The van der Waals surface area contributed by atoms with Crippen molar-refractivity contribution in [2.24, 2.45) is 11.8 Å². The predicted octanol–water partition coefficient (Wildman–Crippen LogP) is 5.24. The summed E-state index contributed by atoms with van der Waals surface area (Å²) in [5.74, 6) is 1.48. The molecule has 1 aliphatic carbocycles. The maximum Gasteiger partial charge on any atom is 0.127 e. The molecular weight excluding hydrogens is 249 g/mol. The van der Waals surface area contributed by atoms with Gasteiger partial charge < -0.3 is 0 Å². The van der Waals surface area contributed by atoms with Crippen molar-refractivity contribution in [1.82, 2.24) is 0 Å². The van der Waals surface area contributed by atoms with Crippen molar-refractivity contribution in [2.45, 2.75) is 58.3 Å². The second kappa shape index (κ2) is 7.43. The van der Waals surface area contributed by atoms with Crippen molar-refractivity contribution < 1.29 is 4.39 Å². The van der Waals surface area contributed by atoms with Crippen LogP contribution in [-0.2, 0) is 6.42 Å². The molecule has 0 aliphatic heterocycles. The van der Waals surface area contributed by atoms with Crippen LogP contribution in [0.4, 0.5) is 4.39 Å². The third-order valence-corrected chi connectivity index (χ3v) is 4.67. The van der Waals surface area contributed by atoms with Gasteiger partial charge in [0.2, 0.25) is 0 Å². The molecule has 2 rings (SSSR count). The third kappa shape index (κ3) is 4.07. The smallest absolute Gasteiger partial charge is 0.127 e. The summed E-state index contributed by atoms with van der Waals surface area (Å²) < 4.78 is 13.8. The lowest BCUT2D eigenvalue weighted by molar-refractivity contribution is 0.252. The first-order valence-electron chi connectivity index (χ1n) is 7.91. The van der Waals surface area contributed by atoms with Crippen LogP contribution >= 0.6 is 0 Å². The Hall–Kier alpha value is -1.36. The second-order valence-electron chi connectivity index (χ2n) is 6.13. The molecule has 1 fully saturated rings. The standard InChI is InChI=1S/C18H24FN/c1-2-3-14-4-6-15(7-5-14)8-10-17-11-9-16(13-20)12-18(17)19/h9,11-12,14-15H,2-8,10H2,1H3/t14-,15-. The summed E-state index contributed by atoms with van der Waals surface area (Å²) >= 11 is 0. The van der Waals surface area contributed by atoms with Crippen LogP contribution in [-0.4, -0.2) is 0 Å². The molecule has 1 aromatic carbocycles. The highest BCUT2D eigenvalue weighted by atomic mass is 19.1. The van der Waals surface area contributed by atoms with Crippen LogP contribution in [0, 0.1) is 29.0 Å². The third-order valence-electron chi connectivity index (χ3n) is 4.67. The Labute approximate surface area is 121 Å². The maximum absolute atomic E-state index is 13.8. The molecule has 0 aromatic heterocycles. The molecule has 108 valence electrons. The van der Waals surface area contributed by atoms with Crippen molar-refractivity contribution >= 4 is 0 Å². The lowest BCUT2D eigenvalue weighted by atomic mass is 9.78. The van der Waals surface area contributed by atoms with Gasteiger partial charge in [-0.1, -0.05) is 51.5 Å². The molecule has 0 N–H and O–H groups in total. The van der Waals surface area contributed by atoms with E-state index in [-0.39, 0.29) is 5.82 Å². The summed E-state index contributed by atoms with van der Waals surface area (Å²) in [7, 11) is 0. The molecule has 2 heteroatoms. The van der Waals surface area contributed by atoms with Crippen molar-refractivity contribution in [3.8, 4) is 6.07 Å². The first kappa shape index (κ1) is 15.0. The number of hydrogen-bond donors (Lipinski definition) is 0. The molecule has 1 aliphatic rings. The zero-order valence-electron chi connectivity index (χ0n) is 12.4. The predicted molar refractivity (Wildman–Crippen MR) is 79.8 cm³/mol. The number of halogens is 1. The largest absolute Gasteiger partial charge is 0.207 e. The molecule has 0 bridgehead atoms. The minimum atomic E-state index is -0.219. The molecule has 1 saturated carbocycles. The van der Waals surface area contributed by atoms with Gasteiger partial charge in [-0.2, -0.15) is 5.26 Å². The van der Waals surface area contributed by atoms with Crippen LogP contribution in [0.1, 0.15) is 63.0 Å². The Balaban J connectivity index is 1.80. The Morgan fingerprint density at radius 3 is 2.35 bits per heavy atom. The Kier molecular flexibility index (Phi) is 5.59. The highest BCUT2D eigenvalue weighted by Gasteiger charge is 2.20. The Morgan fingerprint density at radius 2 is 1.80 bits per heavy atom. The van der Waals surface area contributed by atoms with Crippen LogP contribution in [0.5, 0.6) is 0 Å². The number of nitriles is 1. The fourth-order valence-corrected chi connectivity index (χ4v) is 3.40. The molecule has 0 spiro atoms. The first-order valence-corrected chi connectivity index (χ1v) is 7.91. The van der Waals surface area contributed by atoms with Gasteiger partial charge in [-0.15, -0.1) is 0 Å². The molecule has 0 amide bonds. The zero-order chi connectivity index (χ0) is 14.4. The molecule has 0 radical (unpaired) electrons. The number of nitrogens with zero attached hydrogens (tertiary/aromatic N) is 1. The van der Waals surface area contributed by atoms with E-state index < -0.39 is 0 Å². The normalized spacial score (nSPS) is 22.4. The van der Waals surface area contributed by atoms with E-state index in [1.54, 1.807) is 12.1 Å². The minimum absolute atomic E-state index is 0.219. The average Bonchev–Trinajstić information content (AvgIpc) is 2.48. The fraction of sp³-hybridized carbons (Fsp3) is 0.611. The van der Waals surface area contributed by atoms with Gasteiger partial charge in [0, 0.05) is 0 Å². The van der Waals surface area contributed by atoms with Gasteiger partial charge >= 0.3 is 0 Å². The monoisotopic (exact) mass is 273 g/mol. The van der Waals surface area contributed by atoms with Crippen LogP contribution in [0.25, 0.3) is 0 Å². The fourth-order valence-electron chi connectivity index (χ4n) is 3.40. The Bertz CT molecular complexity index is 467. The van der Waals surface area contributed by atoms with Crippen LogP contribution in [0.2, 0.25) is 0 Å². The quantitative estimate of drug-likeness (QED) is 0.720. The molecular formula is C18H24FN. The van der Waals surface area contributed by atoms with E-state index in [4.69, 9.17) is 5.26 Å². The average molecular weight is 273 g/mol. The summed E-state index contributed by atoms with van der Waals surface area (Å²) in [6.45, 7) is 2.26. The molecule has 0 unspecified atom stereocenters. The van der Waals surface area contributed by atoms with E-state index in [0.29, 0.717) is 5.56 Å². The highest BCUT2D eigenvalue weighted by Crippen LogP contribution is 2.33. The molecule has 0 atom stereocenters. The van der Waals surface area contributed by atoms with Crippen molar-refractivity contribution in [1.29, 1.82) is 5.26 Å². The summed E-state index contributed by atoms with van der Waals surface area (Å²) in [5.41, 5.74) is 1.17. The van der Waals surface area contributed by atoms with Gasteiger partial charge in [-0.05, 0) is 42.4 Å². The molecule has 20 heavy (non-hydrogen) atoms. The van der Waals surface area contributed by atoms with Gasteiger partial charge in [0.25, 0.3) is 0 Å². The van der Waals surface area contributed by atoms with Crippen LogP contribution in [0.15, 0.2) is 18.2 Å². The number of aryl methyl sites for hydroxylation is 1. The van der Waals surface area contributed by atoms with E-state index in [2.05, 4.69) is 6.92 Å². The second-order valence-corrected chi connectivity index (χ2v) is 6.13. The van der Waals surface area contributed by atoms with E-state index in [1.807, 2.05) is 6.07 Å². The lowest BCUT2D eigenvalue weighted by Crippen LogP contribution is -2.15. The van der Waals surface area contributed by atoms with Gasteiger partial charge in [-0.3, -0.25) is 0 Å². The van der Waals surface area contributed by atoms with E-state index in [0.717, 1.165) is 30.2 Å². The van der Waals surface area contributed by atoms with E-state index in [1.165, 1.54) is 44.6 Å². The molecule has 0 heterocycles. The zero-order valence-corrected chi connectivity index (χ0v) is 12.4. The summed E-state index contributed by atoms with van der Waals surface area (Å²) in [4.78, 5) is 0. The van der Waals surface area contributed by atoms with Gasteiger partial charge in [0.05, 0.1) is 11.6 Å². The molecule has 1 aromatic rings. The van der Waals surface area contributed by atoms with Crippen LogP contribution in [0.3, 0.4) is 0 Å². The number of rotatable bonds is 5. The minimum Gasteiger partial charge on any atom is -0.207 e. The van der Waals surface area contributed by atoms with E-state index in [9.17, 15) is 4.39 Å². The maximum atomic E-state index is 13.8. The number of benzene rings is 1.